The molecule has 1 N–H and O–H groups in total. The molecule has 2 amide bonds. The van der Waals surface area contributed by atoms with Crippen molar-refractivity contribution in [2.75, 3.05) is 11.4 Å². The Bertz CT molecular complexity index is 514. The first kappa shape index (κ1) is 14.6. The number of carbonyl (C=O) groups excluding carboxylic acids is 2. The van der Waals surface area contributed by atoms with Gasteiger partial charge in [-0.05, 0) is 39.8 Å². The highest BCUT2D eigenvalue weighted by Gasteiger charge is 2.36. The third-order valence-corrected chi connectivity index (χ3v) is 3.34. The number of hydrogen-bond acceptors (Lipinski definition) is 2. The van der Waals surface area contributed by atoms with Gasteiger partial charge in [-0.2, -0.15) is 0 Å². The number of benzene rings is 1. The molecule has 1 aliphatic heterocycles. The average Bonchev–Trinajstić information content (AvgIpc) is 2.70. The second-order valence-electron chi connectivity index (χ2n) is 6.48. The summed E-state index contributed by atoms with van der Waals surface area (Å²) in [6.45, 7) is 8.30. The van der Waals surface area contributed by atoms with Crippen molar-refractivity contribution < 1.29 is 9.59 Å². The molecule has 0 radical (unpaired) electrons. The third-order valence-electron chi connectivity index (χ3n) is 3.34. The molecule has 108 valence electrons. The summed E-state index contributed by atoms with van der Waals surface area (Å²) in [5.74, 6) is -0.286. The molecule has 1 fully saturated rings. The first-order chi connectivity index (χ1) is 9.26. The molecule has 0 aromatic heterocycles. The second kappa shape index (κ2) is 5.27. The van der Waals surface area contributed by atoms with Gasteiger partial charge < -0.3 is 10.2 Å². The fourth-order valence-corrected chi connectivity index (χ4v) is 2.33. The minimum absolute atomic E-state index is 0.0166. The maximum absolute atomic E-state index is 12.1. The van der Waals surface area contributed by atoms with Gasteiger partial charge in [-0.15, -0.1) is 0 Å². The van der Waals surface area contributed by atoms with Crippen LogP contribution in [0.15, 0.2) is 24.3 Å². The lowest BCUT2D eigenvalue weighted by Crippen LogP contribution is -2.44. The Hall–Kier alpha value is -1.84. The van der Waals surface area contributed by atoms with E-state index in [1.807, 2.05) is 52.0 Å². The number of carbonyl (C=O) groups is 2. The molecule has 4 heteroatoms. The van der Waals surface area contributed by atoms with Gasteiger partial charge in [0, 0.05) is 24.2 Å². The van der Waals surface area contributed by atoms with Crippen LogP contribution >= 0.6 is 0 Å². The summed E-state index contributed by atoms with van der Waals surface area (Å²) in [6.07, 6.45) is 0.287. The molecule has 1 aromatic carbocycles. The molecule has 0 spiro atoms. The molecule has 1 saturated heterocycles. The summed E-state index contributed by atoms with van der Waals surface area (Å²) in [5.41, 5.74) is 1.76. The van der Waals surface area contributed by atoms with E-state index in [1.165, 1.54) is 0 Å². The van der Waals surface area contributed by atoms with Crippen molar-refractivity contribution in [3.63, 3.8) is 0 Å². The molecule has 20 heavy (non-hydrogen) atoms. The van der Waals surface area contributed by atoms with Crippen LogP contribution in [0.2, 0.25) is 0 Å². The molecular formula is C16H22N2O2. The van der Waals surface area contributed by atoms with Gasteiger partial charge in [0.05, 0.1) is 5.92 Å². The topological polar surface area (TPSA) is 49.4 Å². The van der Waals surface area contributed by atoms with E-state index in [9.17, 15) is 9.59 Å². The van der Waals surface area contributed by atoms with Crippen molar-refractivity contribution in [1.82, 2.24) is 5.32 Å². The van der Waals surface area contributed by atoms with Gasteiger partial charge in [0.15, 0.2) is 0 Å². The first-order valence-corrected chi connectivity index (χ1v) is 6.95. The van der Waals surface area contributed by atoms with Gasteiger partial charge in [0.25, 0.3) is 0 Å². The molecule has 1 atom stereocenters. The highest BCUT2D eigenvalue weighted by Crippen LogP contribution is 2.25. The molecule has 2 rings (SSSR count). The van der Waals surface area contributed by atoms with Gasteiger partial charge in [-0.25, -0.2) is 0 Å². The van der Waals surface area contributed by atoms with Crippen LogP contribution in [0.4, 0.5) is 5.69 Å². The summed E-state index contributed by atoms with van der Waals surface area (Å²) in [7, 11) is 0. The fraction of sp³-hybridized carbons (Fsp3) is 0.500. The van der Waals surface area contributed by atoms with Gasteiger partial charge in [-0.1, -0.05) is 17.7 Å². The lowest BCUT2D eigenvalue weighted by Gasteiger charge is -2.23. The normalized spacial score (nSPS) is 19.3. The highest BCUT2D eigenvalue weighted by molar-refractivity contribution is 6.00. The zero-order chi connectivity index (χ0) is 14.9. The van der Waals surface area contributed by atoms with Gasteiger partial charge in [-0.3, -0.25) is 9.59 Å². The van der Waals surface area contributed by atoms with Crippen molar-refractivity contribution in [3.8, 4) is 0 Å². The Labute approximate surface area is 120 Å². The van der Waals surface area contributed by atoms with Crippen molar-refractivity contribution in [2.45, 2.75) is 39.7 Å². The molecule has 0 bridgehead atoms. The second-order valence-corrected chi connectivity index (χ2v) is 6.48. The van der Waals surface area contributed by atoms with Crippen LogP contribution in [0.5, 0.6) is 0 Å². The fourth-order valence-electron chi connectivity index (χ4n) is 2.33. The first-order valence-electron chi connectivity index (χ1n) is 6.95. The average molecular weight is 274 g/mol. The van der Waals surface area contributed by atoms with E-state index in [-0.39, 0.29) is 29.7 Å². The van der Waals surface area contributed by atoms with Crippen LogP contribution in [-0.4, -0.2) is 23.9 Å². The van der Waals surface area contributed by atoms with Crippen LogP contribution < -0.4 is 10.2 Å². The summed E-state index contributed by atoms with van der Waals surface area (Å²) >= 11 is 0. The van der Waals surface area contributed by atoms with Crippen molar-refractivity contribution in [3.05, 3.63) is 29.8 Å². The Morgan fingerprint density at radius 1 is 1.25 bits per heavy atom. The van der Waals surface area contributed by atoms with E-state index < -0.39 is 0 Å². The Balaban J connectivity index is 2.07. The zero-order valence-electron chi connectivity index (χ0n) is 12.6. The van der Waals surface area contributed by atoms with Gasteiger partial charge >= 0.3 is 0 Å². The summed E-state index contributed by atoms with van der Waals surface area (Å²) in [6, 6.07) is 7.81. The number of amides is 2. The molecular weight excluding hydrogens is 252 g/mol. The molecule has 0 saturated carbocycles. The number of rotatable bonds is 2. The van der Waals surface area contributed by atoms with Crippen molar-refractivity contribution in [1.29, 1.82) is 0 Å². The molecule has 1 unspecified atom stereocenters. The monoisotopic (exact) mass is 274 g/mol. The Morgan fingerprint density at radius 2 is 1.85 bits per heavy atom. The maximum Gasteiger partial charge on any atom is 0.227 e. The predicted molar refractivity (Wildman–Crippen MR) is 79.5 cm³/mol. The standard InChI is InChI=1S/C16H22N2O2/c1-11-5-7-13(8-6-11)18-10-12(9-14(18)19)15(20)17-16(2,3)4/h5-8,12H,9-10H2,1-4H3,(H,17,20). The van der Waals surface area contributed by atoms with E-state index in [4.69, 9.17) is 0 Å². The van der Waals surface area contributed by atoms with Crippen molar-refractivity contribution in [2.24, 2.45) is 5.92 Å². The van der Waals surface area contributed by atoms with Crippen molar-refractivity contribution >= 4 is 17.5 Å². The smallest absolute Gasteiger partial charge is 0.227 e. The number of anilines is 1. The quantitative estimate of drug-likeness (QED) is 0.899. The van der Waals surface area contributed by atoms with Gasteiger partial charge in [0.1, 0.15) is 0 Å². The SMILES string of the molecule is Cc1ccc(N2CC(C(=O)NC(C)(C)C)CC2=O)cc1. The molecule has 1 aromatic rings. The van der Waals surface area contributed by atoms with Crippen LogP contribution in [-0.2, 0) is 9.59 Å². The van der Waals surface area contributed by atoms with Gasteiger partial charge in [0.2, 0.25) is 11.8 Å². The number of aryl methyl sites for hydroxylation is 1. The minimum atomic E-state index is -0.266. The van der Waals surface area contributed by atoms with E-state index in [0.717, 1.165) is 11.3 Å². The van der Waals surface area contributed by atoms with E-state index in [0.29, 0.717) is 6.54 Å². The van der Waals surface area contributed by atoms with E-state index >= 15 is 0 Å². The third kappa shape index (κ3) is 3.38. The lowest BCUT2D eigenvalue weighted by molar-refractivity contribution is -0.127. The molecule has 4 nitrogen and oxygen atoms in total. The molecule has 1 heterocycles. The van der Waals surface area contributed by atoms with E-state index in [2.05, 4.69) is 5.32 Å². The van der Waals surface area contributed by atoms with Crippen LogP contribution in [0, 0.1) is 12.8 Å². The van der Waals surface area contributed by atoms with E-state index in [1.54, 1.807) is 4.90 Å². The molecule has 1 aliphatic rings. The minimum Gasteiger partial charge on any atom is -0.351 e. The highest BCUT2D eigenvalue weighted by atomic mass is 16.2. The van der Waals surface area contributed by atoms with Crippen LogP contribution in [0.1, 0.15) is 32.8 Å². The summed E-state index contributed by atoms with van der Waals surface area (Å²) < 4.78 is 0. The predicted octanol–water partition coefficient (Wildman–Crippen LogP) is 2.26. The lowest BCUT2D eigenvalue weighted by atomic mass is 10.0. The number of hydrogen-bond donors (Lipinski definition) is 1. The summed E-state index contributed by atoms with van der Waals surface area (Å²) in [5, 5.41) is 2.94. The maximum atomic E-state index is 12.1. The van der Waals surface area contributed by atoms with Crippen LogP contribution in [0.3, 0.4) is 0 Å². The summed E-state index contributed by atoms with van der Waals surface area (Å²) in [4.78, 5) is 25.9. The molecule has 0 aliphatic carbocycles. The largest absolute Gasteiger partial charge is 0.351 e. The Morgan fingerprint density at radius 3 is 2.40 bits per heavy atom. The van der Waals surface area contributed by atoms with Crippen LogP contribution in [0.25, 0.3) is 0 Å². The Kier molecular flexibility index (Phi) is 3.84. The number of nitrogens with one attached hydrogen (secondary N) is 1. The number of nitrogens with zero attached hydrogens (tertiary/aromatic N) is 1. The zero-order valence-corrected chi connectivity index (χ0v) is 12.6.